The predicted molar refractivity (Wildman–Crippen MR) is 145 cm³/mol. The number of aryl methyl sites for hydroxylation is 1. The quantitative estimate of drug-likeness (QED) is 0.245. The Hall–Kier alpha value is -3.90. The van der Waals surface area contributed by atoms with Gasteiger partial charge >= 0.3 is 0 Å². The Morgan fingerprint density at radius 1 is 1.00 bits per heavy atom. The molecule has 36 heavy (non-hydrogen) atoms. The molecule has 4 aromatic rings. The van der Waals surface area contributed by atoms with Gasteiger partial charge < -0.3 is 9.88 Å². The van der Waals surface area contributed by atoms with Gasteiger partial charge in [0.1, 0.15) is 6.04 Å². The number of hydrogen-bond acceptors (Lipinski definition) is 3. The number of aromatic nitrogens is 1. The van der Waals surface area contributed by atoms with Crippen LogP contribution >= 0.6 is 11.6 Å². The number of rotatable bonds is 8. The van der Waals surface area contributed by atoms with Crippen molar-refractivity contribution < 1.29 is 9.59 Å². The number of nitrogens with one attached hydrogen (secondary N) is 2. The van der Waals surface area contributed by atoms with Crippen LogP contribution in [0.3, 0.4) is 0 Å². The van der Waals surface area contributed by atoms with Crippen molar-refractivity contribution in [3.63, 3.8) is 0 Å². The minimum atomic E-state index is -0.770. The monoisotopic (exact) mass is 500 g/mol. The van der Waals surface area contributed by atoms with Crippen LogP contribution in [0.4, 0.5) is 0 Å². The summed E-state index contributed by atoms with van der Waals surface area (Å²) in [5, 5.41) is 8.35. The standard InChI is InChI=1S/C29H29ClN4O2/c1-19(2)27(32-28(35)24-9-4-6-10-25(24)30)29(36)33-31-16-22-18-34(26-11-7-5-8-23(22)26)17-21-14-12-20(3)13-15-21/h4-16,18-19,27H,17H2,1-3H3,(H,32,35)(H,33,36)/b31-16-. The van der Waals surface area contributed by atoms with Gasteiger partial charge in [0, 0.05) is 29.2 Å². The minimum absolute atomic E-state index is 0.150. The van der Waals surface area contributed by atoms with Gasteiger partial charge in [-0.15, -0.1) is 0 Å². The molecule has 7 heteroatoms. The van der Waals surface area contributed by atoms with Crippen LogP contribution in [0.15, 0.2) is 84.1 Å². The maximum absolute atomic E-state index is 12.9. The van der Waals surface area contributed by atoms with E-state index in [0.717, 1.165) is 23.0 Å². The third-order valence-corrected chi connectivity index (χ3v) is 6.36. The van der Waals surface area contributed by atoms with E-state index >= 15 is 0 Å². The van der Waals surface area contributed by atoms with Crippen molar-refractivity contribution in [3.05, 3.63) is 106 Å². The van der Waals surface area contributed by atoms with Crippen LogP contribution in [-0.4, -0.2) is 28.6 Å². The molecule has 184 valence electrons. The molecular formula is C29H29ClN4O2. The van der Waals surface area contributed by atoms with Crippen molar-refractivity contribution in [2.75, 3.05) is 0 Å². The van der Waals surface area contributed by atoms with Crippen LogP contribution < -0.4 is 10.7 Å². The van der Waals surface area contributed by atoms with Gasteiger partial charge in [0.2, 0.25) is 0 Å². The fraction of sp³-hybridized carbons (Fsp3) is 0.207. The Balaban J connectivity index is 1.49. The molecule has 1 aromatic heterocycles. The van der Waals surface area contributed by atoms with Crippen LogP contribution in [0.25, 0.3) is 10.9 Å². The van der Waals surface area contributed by atoms with E-state index in [9.17, 15) is 9.59 Å². The summed E-state index contributed by atoms with van der Waals surface area (Å²) < 4.78 is 2.17. The normalized spacial score (nSPS) is 12.2. The van der Waals surface area contributed by atoms with E-state index in [2.05, 4.69) is 57.7 Å². The van der Waals surface area contributed by atoms with Crippen molar-refractivity contribution >= 4 is 40.5 Å². The Bertz CT molecular complexity index is 1410. The smallest absolute Gasteiger partial charge is 0.262 e. The lowest BCUT2D eigenvalue weighted by molar-refractivity contribution is -0.123. The zero-order chi connectivity index (χ0) is 25.7. The van der Waals surface area contributed by atoms with Gasteiger partial charge in [-0.3, -0.25) is 9.59 Å². The topological polar surface area (TPSA) is 75.5 Å². The summed E-state index contributed by atoms with van der Waals surface area (Å²) in [5.74, 6) is -0.953. The first kappa shape index (κ1) is 25.2. The Kier molecular flexibility index (Phi) is 7.86. The summed E-state index contributed by atoms with van der Waals surface area (Å²) in [6.45, 7) is 6.52. The molecule has 1 heterocycles. The first-order valence-electron chi connectivity index (χ1n) is 11.8. The van der Waals surface area contributed by atoms with Crippen molar-refractivity contribution in [2.45, 2.75) is 33.4 Å². The van der Waals surface area contributed by atoms with Gasteiger partial charge in [-0.05, 0) is 36.6 Å². The Labute approximate surface area is 216 Å². The number of fused-ring (bicyclic) bond motifs is 1. The predicted octanol–water partition coefficient (Wildman–Crippen LogP) is 5.56. The highest BCUT2D eigenvalue weighted by Gasteiger charge is 2.25. The molecule has 2 N–H and O–H groups in total. The lowest BCUT2D eigenvalue weighted by Crippen LogP contribution is -2.48. The highest BCUT2D eigenvalue weighted by Crippen LogP contribution is 2.21. The van der Waals surface area contributed by atoms with E-state index in [1.807, 2.05) is 38.2 Å². The molecule has 1 atom stereocenters. The molecule has 0 aliphatic heterocycles. The SMILES string of the molecule is Cc1ccc(Cn2cc(/C=N\NC(=O)C(NC(=O)c3ccccc3Cl)C(C)C)c3ccccc32)cc1. The maximum Gasteiger partial charge on any atom is 0.262 e. The van der Waals surface area contributed by atoms with E-state index in [-0.39, 0.29) is 5.92 Å². The second-order valence-electron chi connectivity index (χ2n) is 9.12. The molecule has 1 unspecified atom stereocenters. The Morgan fingerprint density at radius 3 is 2.42 bits per heavy atom. The van der Waals surface area contributed by atoms with Gasteiger partial charge in [-0.25, -0.2) is 5.43 Å². The van der Waals surface area contributed by atoms with Gasteiger partial charge in [-0.2, -0.15) is 5.10 Å². The van der Waals surface area contributed by atoms with Crippen molar-refractivity contribution in [1.29, 1.82) is 0 Å². The van der Waals surface area contributed by atoms with E-state index in [1.54, 1.807) is 30.5 Å². The largest absolute Gasteiger partial charge is 0.342 e. The average molecular weight is 501 g/mol. The minimum Gasteiger partial charge on any atom is -0.342 e. The lowest BCUT2D eigenvalue weighted by Gasteiger charge is -2.20. The van der Waals surface area contributed by atoms with Crippen LogP contribution in [0.1, 0.15) is 40.9 Å². The van der Waals surface area contributed by atoms with E-state index in [4.69, 9.17) is 11.6 Å². The van der Waals surface area contributed by atoms with E-state index < -0.39 is 17.9 Å². The number of hydrogen-bond donors (Lipinski definition) is 2. The molecular weight excluding hydrogens is 472 g/mol. The zero-order valence-corrected chi connectivity index (χ0v) is 21.3. The molecule has 0 radical (unpaired) electrons. The fourth-order valence-electron chi connectivity index (χ4n) is 4.03. The molecule has 0 aliphatic rings. The molecule has 0 spiro atoms. The molecule has 0 fully saturated rings. The number of hydrazone groups is 1. The highest BCUT2D eigenvalue weighted by molar-refractivity contribution is 6.33. The molecule has 4 rings (SSSR count). The molecule has 0 aliphatic carbocycles. The third kappa shape index (κ3) is 5.83. The number of para-hydroxylation sites is 1. The summed E-state index contributed by atoms with van der Waals surface area (Å²) in [4.78, 5) is 25.6. The number of carbonyl (C=O) groups excluding carboxylic acids is 2. The van der Waals surface area contributed by atoms with Gasteiger partial charge in [0.05, 0.1) is 16.8 Å². The summed E-state index contributed by atoms with van der Waals surface area (Å²) in [6.07, 6.45) is 3.67. The summed E-state index contributed by atoms with van der Waals surface area (Å²) >= 11 is 6.13. The van der Waals surface area contributed by atoms with Crippen LogP contribution in [0, 0.1) is 12.8 Å². The van der Waals surface area contributed by atoms with Gasteiger partial charge in [-0.1, -0.05) is 85.6 Å². The van der Waals surface area contributed by atoms with Crippen molar-refractivity contribution in [2.24, 2.45) is 11.0 Å². The summed E-state index contributed by atoms with van der Waals surface area (Å²) in [6, 6.07) is 22.5. The van der Waals surface area contributed by atoms with Gasteiger partial charge in [0.15, 0.2) is 0 Å². The van der Waals surface area contributed by atoms with Crippen LogP contribution in [0.2, 0.25) is 5.02 Å². The number of nitrogens with zero attached hydrogens (tertiary/aromatic N) is 2. The molecule has 2 amide bonds. The number of amides is 2. The third-order valence-electron chi connectivity index (χ3n) is 6.03. The average Bonchev–Trinajstić information content (AvgIpc) is 3.21. The molecule has 0 saturated carbocycles. The number of benzene rings is 3. The first-order valence-corrected chi connectivity index (χ1v) is 12.2. The fourth-order valence-corrected chi connectivity index (χ4v) is 4.25. The van der Waals surface area contributed by atoms with Crippen LogP contribution in [-0.2, 0) is 11.3 Å². The second kappa shape index (κ2) is 11.2. The summed E-state index contributed by atoms with van der Waals surface area (Å²) in [5.41, 5.74) is 7.30. The second-order valence-corrected chi connectivity index (χ2v) is 9.53. The van der Waals surface area contributed by atoms with Gasteiger partial charge in [0.25, 0.3) is 11.8 Å². The highest BCUT2D eigenvalue weighted by atomic mass is 35.5. The van der Waals surface area contributed by atoms with Crippen LogP contribution in [0.5, 0.6) is 0 Å². The maximum atomic E-state index is 12.9. The molecule has 0 saturated heterocycles. The van der Waals surface area contributed by atoms with E-state index in [1.165, 1.54) is 11.1 Å². The first-order chi connectivity index (χ1) is 17.3. The number of halogens is 1. The van der Waals surface area contributed by atoms with Crippen molar-refractivity contribution in [1.82, 2.24) is 15.3 Å². The lowest BCUT2D eigenvalue weighted by atomic mass is 10.0. The molecule has 0 bridgehead atoms. The van der Waals surface area contributed by atoms with Crippen molar-refractivity contribution in [3.8, 4) is 0 Å². The molecule has 3 aromatic carbocycles. The summed E-state index contributed by atoms with van der Waals surface area (Å²) in [7, 11) is 0. The number of carbonyl (C=O) groups is 2. The zero-order valence-electron chi connectivity index (χ0n) is 20.5. The molecule has 6 nitrogen and oxygen atoms in total. The Morgan fingerprint density at radius 2 is 1.69 bits per heavy atom. The van der Waals surface area contributed by atoms with E-state index in [0.29, 0.717) is 10.6 Å².